The fraction of sp³-hybridized carbons (Fsp3) is 0.647. The molecule has 1 fully saturated rings. The third kappa shape index (κ3) is 3.20. The van der Waals surface area contributed by atoms with E-state index >= 15 is 0 Å². The van der Waals surface area contributed by atoms with Gasteiger partial charge in [-0.25, -0.2) is 0 Å². The molecule has 0 spiro atoms. The van der Waals surface area contributed by atoms with Crippen LogP contribution in [0.4, 0.5) is 0 Å². The zero-order valence-electron chi connectivity index (χ0n) is 12.7. The second kappa shape index (κ2) is 5.79. The molecule has 0 aromatic heterocycles. The Balaban J connectivity index is 1.83. The summed E-state index contributed by atoms with van der Waals surface area (Å²) in [6, 6.07) is 3.90. The Morgan fingerprint density at radius 3 is 2.95 bits per heavy atom. The van der Waals surface area contributed by atoms with Gasteiger partial charge >= 0.3 is 0 Å². The Kier molecular flexibility index (Phi) is 4.17. The molecule has 2 aliphatic heterocycles. The summed E-state index contributed by atoms with van der Waals surface area (Å²) in [4.78, 5) is 0. The molecule has 116 valence electrons. The number of benzene rings is 1. The zero-order chi connectivity index (χ0) is 15.0. The Labute approximate surface area is 131 Å². The van der Waals surface area contributed by atoms with Crippen LogP contribution in [0.2, 0.25) is 5.02 Å². The molecule has 0 aliphatic carbocycles. The van der Waals surface area contributed by atoms with Crippen LogP contribution in [0.1, 0.15) is 37.8 Å². The first kappa shape index (κ1) is 15.1. The summed E-state index contributed by atoms with van der Waals surface area (Å²) in [5.41, 5.74) is 1.47. The highest BCUT2D eigenvalue weighted by Crippen LogP contribution is 2.38. The van der Waals surface area contributed by atoms with Gasteiger partial charge in [-0.2, -0.15) is 0 Å². The summed E-state index contributed by atoms with van der Waals surface area (Å²) in [5, 5.41) is 11.7. The largest absolute Gasteiger partial charge is 0.493 e. The van der Waals surface area contributed by atoms with Crippen molar-refractivity contribution in [3.05, 3.63) is 28.3 Å². The SMILES string of the molecule is CC(C)C1CC(O)(Cc2cc(Cl)cc3c2OCC3)CCO1. The molecule has 2 aliphatic rings. The fourth-order valence-corrected chi connectivity index (χ4v) is 3.62. The number of ether oxygens (including phenoxy) is 2. The summed E-state index contributed by atoms with van der Waals surface area (Å²) < 4.78 is 11.5. The molecule has 1 N–H and O–H groups in total. The average molecular weight is 311 g/mol. The number of rotatable bonds is 3. The van der Waals surface area contributed by atoms with E-state index in [4.69, 9.17) is 21.1 Å². The lowest BCUT2D eigenvalue weighted by atomic mass is 9.81. The number of fused-ring (bicyclic) bond motifs is 1. The standard InChI is InChI=1S/C17H23ClO3/c1-11(2)15-10-17(19,4-6-20-15)9-13-8-14(18)7-12-3-5-21-16(12)13/h7-8,11,15,19H,3-6,9-10H2,1-2H3. The van der Waals surface area contributed by atoms with Crippen LogP contribution in [-0.2, 0) is 17.6 Å². The fourth-order valence-electron chi connectivity index (χ4n) is 3.36. The first-order valence-electron chi connectivity index (χ1n) is 7.75. The van der Waals surface area contributed by atoms with Crippen molar-refractivity contribution in [2.24, 2.45) is 5.92 Å². The third-order valence-electron chi connectivity index (χ3n) is 4.57. The van der Waals surface area contributed by atoms with E-state index in [2.05, 4.69) is 13.8 Å². The number of halogens is 1. The van der Waals surface area contributed by atoms with Crippen LogP contribution in [0.25, 0.3) is 0 Å². The summed E-state index contributed by atoms with van der Waals surface area (Å²) in [7, 11) is 0. The van der Waals surface area contributed by atoms with Crippen LogP contribution in [0.3, 0.4) is 0 Å². The molecule has 1 aromatic rings. The molecule has 21 heavy (non-hydrogen) atoms. The van der Waals surface area contributed by atoms with E-state index in [-0.39, 0.29) is 6.10 Å². The van der Waals surface area contributed by atoms with Gasteiger partial charge in [-0.3, -0.25) is 0 Å². The lowest BCUT2D eigenvalue weighted by molar-refractivity contribution is -0.116. The van der Waals surface area contributed by atoms with Crippen LogP contribution in [0.5, 0.6) is 5.75 Å². The molecule has 2 heterocycles. The van der Waals surface area contributed by atoms with Crippen LogP contribution < -0.4 is 4.74 Å². The van der Waals surface area contributed by atoms with Gasteiger partial charge in [0.1, 0.15) is 5.75 Å². The van der Waals surface area contributed by atoms with Crippen molar-refractivity contribution in [2.75, 3.05) is 13.2 Å². The van der Waals surface area contributed by atoms with E-state index in [0.717, 1.165) is 28.3 Å². The van der Waals surface area contributed by atoms with Crippen molar-refractivity contribution in [3.63, 3.8) is 0 Å². The predicted octanol–water partition coefficient (Wildman–Crippen LogP) is 3.38. The lowest BCUT2D eigenvalue weighted by Crippen LogP contribution is -2.44. The molecule has 1 aromatic carbocycles. The van der Waals surface area contributed by atoms with Gasteiger partial charge in [-0.05, 0) is 35.6 Å². The zero-order valence-corrected chi connectivity index (χ0v) is 13.4. The maximum atomic E-state index is 11.0. The smallest absolute Gasteiger partial charge is 0.126 e. The van der Waals surface area contributed by atoms with Gasteiger partial charge in [0, 0.05) is 30.9 Å². The van der Waals surface area contributed by atoms with Gasteiger partial charge in [0.2, 0.25) is 0 Å². The van der Waals surface area contributed by atoms with Gasteiger partial charge in [-0.15, -0.1) is 0 Å². The van der Waals surface area contributed by atoms with E-state index in [1.165, 1.54) is 0 Å². The molecule has 0 saturated carbocycles. The molecule has 1 saturated heterocycles. The lowest BCUT2D eigenvalue weighted by Gasteiger charge is -2.39. The minimum atomic E-state index is -0.725. The molecule has 3 nitrogen and oxygen atoms in total. The maximum Gasteiger partial charge on any atom is 0.126 e. The van der Waals surface area contributed by atoms with Crippen LogP contribution in [0, 0.1) is 5.92 Å². The Morgan fingerprint density at radius 1 is 1.38 bits per heavy atom. The normalized spacial score (nSPS) is 28.5. The predicted molar refractivity (Wildman–Crippen MR) is 83.1 cm³/mol. The molecule has 4 heteroatoms. The molecular weight excluding hydrogens is 288 g/mol. The highest BCUT2D eigenvalue weighted by atomic mass is 35.5. The number of aliphatic hydroxyl groups is 1. The van der Waals surface area contributed by atoms with Gasteiger partial charge < -0.3 is 14.6 Å². The van der Waals surface area contributed by atoms with Crippen molar-refractivity contribution in [1.29, 1.82) is 0 Å². The third-order valence-corrected chi connectivity index (χ3v) is 4.79. The summed E-state index contributed by atoms with van der Waals surface area (Å²) >= 11 is 6.21. The number of hydrogen-bond donors (Lipinski definition) is 1. The molecule has 0 amide bonds. The minimum Gasteiger partial charge on any atom is -0.493 e. The van der Waals surface area contributed by atoms with Gasteiger partial charge in [-0.1, -0.05) is 25.4 Å². The van der Waals surface area contributed by atoms with Gasteiger partial charge in [0.15, 0.2) is 0 Å². The maximum absolute atomic E-state index is 11.0. The second-order valence-corrected chi connectivity index (χ2v) is 7.10. The molecular formula is C17H23ClO3. The van der Waals surface area contributed by atoms with Crippen molar-refractivity contribution in [1.82, 2.24) is 0 Å². The first-order chi connectivity index (χ1) is 9.97. The van der Waals surface area contributed by atoms with Crippen molar-refractivity contribution in [2.45, 2.75) is 51.2 Å². The molecule has 0 radical (unpaired) electrons. The van der Waals surface area contributed by atoms with E-state index < -0.39 is 5.60 Å². The van der Waals surface area contributed by atoms with E-state index in [9.17, 15) is 5.11 Å². The van der Waals surface area contributed by atoms with E-state index in [0.29, 0.717) is 38.4 Å². The Bertz CT molecular complexity index is 529. The Hall–Kier alpha value is -0.770. The summed E-state index contributed by atoms with van der Waals surface area (Å²) in [6.45, 7) is 5.59. The van der Waals surface area contributed by atoms with Crippen molar-refractivity contribution in [3.8, 4) is 5.75 Å². The van der Waals surface area contributed by atoms with Crippen molar-refractivity contribution >= 4 is 11.6 Å². The molecule has 2 unspecified atom stereocenters. The van der Waals surface area contributed by atoms with Crippen LogP contribution in [-0.4, -0.2) is 30.0 Å². The van der Waals surface area contributed by atoms with Crippen LogP contribution in [0.15, 0.2) is 12.1 Å². The molecule has 3 rings (SSSR count). The van der Waals surface area contributed by atoms with E-state index in [1.54, 1.807) is 0 Å². The Morgan fingerprint density at radius 2 is 2.19 bits per heavy atom. The molecule has 2 atom stereocenters. The minimum absolute atomic E-state index is 0.122. The highest BCUT2D eigenvalue weighted by molar-refractivity contribution is 6.30. The quantitative estimate of drug-likeness (QED) is 0.930. The monoisotopic (exact) mass is 310 g/mol. The molecule has 0 bridgehead atoms. The first-order valence-corrected chi connectivity index (χ1v) is 8.13. The van der Waals surface area contributed by atoms with Crippen LogP contribution >= 0.6 is 11.6 Å². The average Bonchev–Trinajstić information content (AvgIpc) is 2.86. The second-order valence-electron chi connectivity index (χ2n) is 6.66. The topological polar surface area (TPSA) is 38.7 Å². The van der Waals surface area contributed by atoms with Crippen molar-refractivity contribution < 1.29 is 14.6 Å². The number of hydrogen-bond acceptors (Lipinski definition) is 3. The van der Waals surface area contributed by atoms with Gasteiger partial charge in [0.05, 0.1) is 18.3 Å². The van der Waals surface area contributed by atoms with Gasteiger partial charge in [0.25, 0.3) is 0 Å². The summed E-state index contributed by atoms with van der Waals surface area (Å²) in [5.74, 6) is 1.35. The summed E-state index contributed by atoms with van der Waals surface area (Å²) in [6.07, 6.45) is 2.95. The van der Waals surface area contributed by atoms with E-state index in [1.807, 2.05) is 12.1 Å². The highest BCUT2D eigenvalue weighted by Gasteiger charge is 2.37.